The van der Waals surface area contributed by atoms with Gasteiger partial charge >= 0.3 is 5.97 Å². The third-order valence-corrected chi connectivity index (χ3v) is 3.46. The van der Waals surface area contributed by atoms with E-state index in [1.165, 1.54) is 12.7 Å². The molecule has 116 valence electrons. The number of ether oxygens (including phenoxy) is 3. The van der Waals surface area contributed by atoms with Gasteiger partial charge in [-0.25, -0.2) is 4.79 Å². The molecule has 1 aliphatic carbocycles. The largest absolute Gasteiger partial charge is 0.461 e. The molecule has 0 aromatic carbocycles. The number of carbonyl (C=O) groups is 1. The quantitative estimate of drug-likeness (QED) is 0.532. The summed E-state index contributed by atoms with van der Waals surface area (Å²) in [7, 11) is 1.47. The number of hydrogen-bond donors (Lipinski definition) is 0. The summed E-state index contributed by atoms with van der Waals surface area (Å²) in [6, 6.07) is 0. The lowest BCUT2D eigenvalue weighted by atomic mass is 9.89. The highest BCUT2D eigenvalue weighted by atomic mass is 16.6. The predicted molar refractivity (Wildman–Crippen MR) is 78.6 cm³/mol. The summed E-state index contributed by atoms with van der Waals surface area (Å²) in [5.41, 5.74) is 1.17. The number of allylic oxidation sites excluding steroid dienone is 1. The van der Waals surface area contributed by atoms with Crippen molar-refractivity contribution in [1.82, 2.24) is 0 Å². The van der Waals surface area contributed by atoms with E-state index < -0.39 is 5.60 Å². The van der Waals surface area contributed by atoms with Gasteiger partial charge in [0.1, 0.15) is 13.2 Å². The van der Waals surface area contributed by atoms with Crippen LogP contribution in [-0.2, 0) is 19.0 Å². The van der Waals surface area contributed by atoms with E-state index in [2.05, 4.69) is 26.8 Å². The molecular weight excluding hydrogens is 256 g/mol. The molecule has 0 fully saturated rings. The Morgan fingerprint density at radius 1 is 1.45 bits per heavy atom. The van der Waals surface area contributed by atoms with Crippen molar-refractivity contribution >= 4 is 5.97 Å². The molecule has 1 unspecified atom stereocenters. The fourth-order valence-corrected chi connectivity index (χ4v) is 2.42. The van der Waals surface area contributed by atoms with Crippen LogP contribution in [0.15, 0.2) is 11.6 Å². The summed E-state index contributed by atoms with van der Waals surface area (Å²) in [5.74, 6) is -0.363. The first kappa shape index (κ1) is 17.2. The first-order valence-electron chi connectivity index (χ1n) is 7.16. The Morgan fingerprint density at radius 3 is 2.60 bits per heavy atom. The molecule has 0 aromatic heterocycles. The van der Waals surface area contributed by atoms with Crippen molar-refractivity contribution < 1.29 is 19.0 Å². The summed E-state index contributed by atoms with van der Waals surface area (Å²) in [5, 5.41) is 0. The molecule has 0 saturated heterocycles. The Kier molecular flexibility index (Phi) is 5.78. The topological polar surface area (TPSA) is 44.8 Å². The van der Waals surface area contributed by atoms with Crippen LogP contribution in [-0.4, -0.2) is 38.0 Å². The summed E-state index contributed by atoms with van der Waals surface area (Å²) >= 11 is 0. The Hall–Kier alpha value is -0.870. The zero-order chi connectivity index (χ0) is 15.4. The summed E-state index contributed by atoms with van der Waals surface area (Å²) in [4.78, 5) is 11.3. The number of esters is 1. The summed E-state index contributed by atoms with van der Waals surface area (Å²) in [6.07, 6.45) is 4.48. The van der Waals surface area contributed by atoms with E-state index in [0.717, 1.165) is 12.8 Å². The molecule has 1 aliphatic rings. The summed E-state index contributed by atoms with van der Waals surface area (Å²) in [6.45, 7) is 10.7. The summed E-state index contributed by atoms with van der Waals surface area (Å²) < 4.78 is 15.9. The van der Waals surface area contributed by atoms with E-state index >= 15 is 0 Å². The second kappa shape index (κ2) is 6.72. The van der Waals surface area contributed by atoms with Crippen LogP contribution in [0.4, 0.5) is 0 Å². The van der Waals surface area contributed by atoms with Crippen LogP contribution in [0.3, 0.4) is 0 Å². The van der Waals surface area contributed by atoms with Gasteiger partial charge in [-0.2, -0.15) is 0 Å². The molecule has 1 rings (SSSR count). The predicted octanol–water partition coefficient (Wildman–Crippen LogP) is 3.11. The third kappa shape index (κ3) is 5.63. The zero-order valence-electron chi connectivity index (χ0n) is 13.6. The molecule has 0 N–H and O–H groups in total. The zero-order valence-corrected chi connectivity index (χ0v) is 13.6. The number of carbonyl (C=O) groups excluding carboxylic acids is 1. The molecule has 0 aromatic rings. The number of hydrogen-bond acceptors (Lipinski definition) is 4. The van der Waals surface area contributed by atoms with Gasteiger partial charge in [0.25, 0.3) is 0 Å². The SMILES string of the molecule is COCC(=O)OCC(C)(C)OC(C)C1=CCC(C)(C)C1. The van der Waals surface area contributed by atoms with Gasteiger partial charge in [0.15, 0.2) is 0 Å². The van der Waals surface area contributed by atoms with Gasteiger partial charge < -0.3 is 14.2 Å². The van der Waals surface area contributed by atoms with Gasteiger partial charge in [0.05, 0.1) is 11.7 Å². The van der Waals surface area contributed by atoms with Crippen molar-refractivity contribution in [3.8, 4) is 0 Å². The van der Waals surface area contributed by atoms with Crippen LogP contribution in [0.1, 0.15) is 47.5 Å². The number of methoxy groups -OCH3 is 1. The second-order valence-electron chi connectivity index (χ2n) is 6.94. The first-order valence-corrected chi connectivity index (χ1v) is 7.16. The van der Waals surface area contributed by atoms with Gasteiger partial charge in [0, 0.05) is 7.11 Å². The lowest BCUT2D eigenvalue weighted by Crippen LogP contribution is -2.36. The van der Waals surface area contributed by atoms with Crippen molar-refractivity contribution in [2.24, 2.45) is 5.41 Å². The third-order valence-electron chi connectivity index (χ3n) is 3.46. The van der Waals surface area contributed by atoms with Gasteiger partial charge in [-0.3, -0.25) is 0 Å². The Labute approximate surface area is 122 Å². The Balaban J connectivity index is 2.43. The van der Waals surface area contributed by atoms with Crippen LogP contribution < -0.4 is 0 Å². The lowest BCUT2D eigenvalue weighted by Gasteiger charge is -2.30. The van der Waals surface area contributed by atoms with E-state index in [-0.39, 0.29) is 25.3 Å². The average molecular weight is 284 g/mol. The van der Waals surface area contributed by atoms with Crippen molar-refractivity contribution in [2.45, 2.75) is 59.2 Å². The molecule has 1 atom stereocenters. The van der Waals surface area contributed by atoms with Crippen LogP contribution in [0.25, 0.3) is 0 Å². The monoisotopic (exact) mass is 284 g/mol. The molecule has 0 spiro atoms. The van der Waals surface area contributed by atoms with Gasteiger partial charge in [-0.05, 0) is 44.6 Å². The van der Waals surface area contributed by atoms with Crippen molar-refractivity contribution in [3.05, 3.63) is 11.6 Å². The molecule has 0 aliphatic heterocycles. The molecule has 0 bridgehead atoms. The maximum Gasteiger partial charge on any atom is 0.332 e. The van der Waals surface area contributed by atoms with E-state index in [9.17, 15) is 4.79 Å². The maximum atomic E-state index is 11.3. The van der Waals surface area contributed by atoms with Crippen LogP contribution >= 0.6 is 0 Å². The molecule has 4 heteroatoms. The number of rotatable bonds is 7. The van der Waals surface area contributed by atoms with E-state index in [4.69, 9.17) is 14.2 Å². The molecular formula is C16H28O4. The highest BCUT2D eigenvalue weighted by Gasteiger charge is 2.31. The van der Waals surface area contributed by atoms with Crippen molar-refractivity contribution in [3.63, 3.8) is 0 Å². The fraction of sp³-hybridized carbons (Fsp3) is 0.812. The highest BCUT2D eigenvalue weighted by molar-refractivity contribution is 5.70. The maximum absolute atomic E-state index is 11.3. The van der Waals surface area contributed by atoms with E-state index in [1.807, 2.05) is 13.8 Å². The minimum atomic E-state index is -0.504. The van der Waals surface area contributed by atoms with Crippen LogP contribution in [0.2, 0.25) is 0 Å². The second-order valence-corrected chi connectivity index (χ2v) is 6.94. The highest BCUT2D eigenvalue weighted by Crippen LogP contribution is 2.38. The molecule has 0 heterocycles. The van der Waals surface area contributed by atoms with Crippen LogP contribution in [0, 0.1) is 5.41 Å². The fourth-order valence-electron chi connectivity index (χ4n) is 2.42. The van der Waals surface area contributed by atoms with Gasteiger partial charge in [-0.1, -0.05) is 19.9 Å². The smallest absolute Gasteiger partial charge is 0.332 e. The molecule has 0 amide bonds. The van der Waals surface area contributed by atoms with E-state index in [1.54, 1.807) is 0 Å². The first-order chi connectivity index (χ1) is 9.15. The normalized spacial score (nSPS) is 19.6. The Bertz CT molecular complexity index is 369. The Morgan fingerprint density at radius 2 is 2.10 bits per heavy atom. The molecule has 0 saturated carbocycles. The van der Waals surface area contributed by atoms with Gasteiger partial charge in [0.2, 0.25) is 0 Å². The standard InChI is InChI=1S/C16H28O4/c1-12(13-7-8-15(2,3)9-13)20-16(4,5)11-19-14(17)10-18-6/h7,12H,8-11H2,1-6H3. The van der Waals surface area contributed by atoms with Crippen molar-refractivity contribution in [2.75, 3.05) is 20.3 Å². The van der Waals surface area contributed by atoms with Gasteiger partial charge in [-0.15, -0.1) is 0 Å². The van der Waals surface area contributed by atoms with Crippen LogP contribution in [0.5, 0.6) is 0 Å². The molecule has 4 nitrogen and oxygen atoms in total. The average Bonchev–Trinajstić information content (AvgIpc) is 2.67. The van der Waals surface area contributed by atoms with E-state index in [0.29, 0.717) is 5.41 Å². The molecule has 20 heavy (non-hydrogen) atoms. The lowest BCUT2D eigenvalue weighted by molar-refractivity contribution is -0.159. The minimum absolute atomic E-state index is 0.0228. The molecule has 0 radical (unpaired) electrons. The van der Waals surface area contributed by atoms with Crippen molar-refractivity contribution in [1.29, 1.82) is 0 Å². The minimum Gasteiger partial charge on any atom is -0.461 e.